The largest absolute Gasteiger partial charge is 0.496 e. The van der Waals surface area contributed by atoms with Crippen molar-refractivity contribution in [3.8, 4) is 22.8 Å². The second-order valence-electron chi connectivity index (χ2n) is 4.35. The molecular weight excluding hydrogens is 378 g/mol. The van der Waals surface area contributed by atoms with E-state index in [1.54, 1.807) is 0 Å². The molecule has 2 aromatic rings. The van der Waals surface area contributed by atoms with Crippen LogP contribution >= 0.6 is 34.8 Å². The molecule has 0 bridgehead atoms. The lowest BCUT2D eigenvalue weighted by Crippen LogP contribution is -2.10. The average Bonchev–Trinajstić information content (AvgIpc) is 2.49. The van der Waals surface area contributed by atoms with Gasteiger partial charge in [0.25, 0.3) is 0 Å². The van der Waals surface area contributed by atoms with Gasteiger partial charge < -0.3 is 9.47 Å². The van der Waals surface area contributed by atoms with Crippen LogP contribution in [0.1, 0.15) is 5.69 Å². The van der Waals surface area contributed by atoms with Crippen molar-refractivity contribution in [2.24, 2.45) is 0 Å². The molecule has 2 rings (SSSR count). The maximum atomic E-state index is 12.9. The number of ether oxygens (including phenoxy) is 2. The Bertz CT molecular complexity index is 703. The molecule has 23 heavy (non-hydrogen) atoms. The zero-order valence-corrected chi connectivity index (χ0v) is 14.0. The van der Waals surface area contributed by atoms with E-state index in [0.717, 1.165) is 6.07 Å². The highest BCUT2D eigenvalue weighted by Crippen LogP contribution is 2.44. The topological polar surface area (TPSA) is 31.4 Å². The molecule has 0 saturated heterocycles. The van der Waals surface area contributed by atoms with Gasteiger partial charge in [-0.25, -0.2) is 4.98 Å². The molecule has 0 spiro atoms. The van der Waals surface area contributed by atoms with E-state index in [1.165, 1.54) is 26.4 Å². The number of pyridine rings is 1. The van der Waals surface area contributed by atoms with Gasteiger partial charge in [0.05, 0.1) is 34.9 Å². The zero-order valence-electron chi connectivity index (χ0n) is 11.8. The quantitative estimate of drug-likeness (QED) is 0.630. The lowest BCUT2D eigenvalue weighted by atomic mass is 10.1. The van der Waals surface area contributed by atoms with Crippen molar-refractivity contribution in [1.82, 2.24) is 4.98 Å². The summed E-state index contributed by atoms with van der Waals surface area (Å²) < 4.78 is 48.7. The predicted octanol–water partition coefficient (Wildman–Crippen LogP) is 5.74. The second-order valence-corrected chi connectivity index (χ2v) is 5.54. The molecular formula is C14H9Cl3F3NO2. The van der Waals surface area contributed by atoms with Gasteiger partial charge in [-0.05, 0) is 17.7 Å². The van der Waals surface area contributed by atoms with Crippen molar-refractivity contribution < 1.29 is 22.6 Å². The third kappa shape index (κ3) is 3.59. The van der Waals surface area contributed by atoms with Crippen LogP contribution in [0, 0.1) is 0 Å². The molecule has 0 N–H and O–H groups in total. The molecule has 9 heteroatoms. The second kappa shape index (κ2) is 6.63. The first-order valence-corrected chi connectivity index (χ1v) is 7.17. The fraction of sp³-hybridized carbons (Fsp3) is 0.214. The van der Waals surface area contributed by atoms with Gasteiger partial charge in [0.15, 0.2) is 5.69 Å². The normalized spacial score (nSPS) is 11.5. The van der Waals surface area contributed by atoms with Gasteiger partial charge >= 0.3 is 6.18 Å². The first-order chi connectivity index (χ1) is 10.7. The maximum absolute atomic E-state index is 12.9. The van der Waals surface area contributed by atoms with E-state index in [4.69, 9.17) is 44.3 Å². The van der Waals surface area contributed by atoms with Crippen molar-refractivity contribution >= 4 is 34.8 Å². The Kier molecular flexibility index (Phi) is 5.18. The third-order valence-electron chi connectivity index (χ3n) is 2.93. The number of hydrogen-bond donors (Lipinski definition) is 0. The summed E-state index contributed by atoms with van der Waals surface area (Å²) in [4.78, 5) is 3.48. The Balaban J connectivity index is 2.76. The van der Waals surface area contributed by atoms with E-state index >= 15 is 0 Å². The summed E-state index contributed by atoms with van der Waals surface area (Å²) in [5.41, 5.74) is -0.594. The highest BCUT2D eigenvalue weighted by atomic mass is 35.5. The number of aromatic nitrogens is 1. The Morgan fingerprint density at radius 2 is 1.52 bits per heavy atom. The molecule has 1 heterocycles. The summed E-state index contributed by atoms with van der Waals surface area (Å²) in [5.74, 6) is -0.357. The Morgan fingerprint density at radius 3 is 1.96 bits per heavy atom. The zero-order chi connectivity index (χ0) is 17.4. The predicted molar refractivity (Wildman–Crippen MR) is 82.8 cm³/mol. The maximum Gasteiger partial charge on any atom is 0.433 e. The smallest absolute Gasteiger partial charge is 0.433 e. The van der Waals surface area contributed by atoms with Gasteiger partial charge in [0, 0.05) is 6.07 Å². The van der Waals surface area contributed by atoms with E-state index in [2.05, 4.69) is 4.98 Å². The number of halogens is 6. The molecule has 0 radical (unpaired) electrons. The summed E-state index contributed by atoms with van der Waals surface area (Å²) in [6, 6.07) is 3.64. The molecule has 3 nitrogen and oxygen atoms in total. The summed E-state index contributed by atoms with van der Waals surface area (Å²) in [7, 11) is 2.43. The number of hydrogen-bond acceptors (Lipinski definition) is 3. The summed E-state index contributed by atoms with van der Waals surface area (Å²) >= 11 is 17.8. The minimum atomic E-state index is -4.64. The van der Waals surface area contributed by atoms with Crippen molar-refractivity contribution in [2.75, 3.05) is 14.2 Å². The van der Waals surface area contributed by atoms with Crippen LogP contribution in [0.2, 0.25) is 15.1 Å². The number of alkyl halides is 3. The molecule has 0 unspecified atom stereocenters. The molecule has 1 aromatic heterocycles. The summed E-state index contributed by atoms with van der Waals surface area (Å²) in [6.45, 7) is 0. The van der Waals surface area contributed by atoms with Crippen LogP contribution in [0.25, 0.3) is 11.1 Å². The number of nitrogens with zero attached hydrogens (tertiary/aromatic N) is 1. The molecule has 0 saturated carbocycles. The van der Waals surface area contributed by atoms with Crippen molar-refractivity contribution in [1.29, 1.82) is 0 Å². The monoisotopic (exact) mass is 385 g/mol. The lowest BCUT2D eigenvalue weighted by Gasteiger charge is -2.16. The van der Waals surface area contributed by atoms with Crippen molar-refractivity contribution in [3.05, 3.63) is 39.0 Å². The highest BCUT2D eigenvalue weighted by molar-refractivity contribution is 6.48. The van der Waals surface area contributed by atoms with Crippen LogP contribution in [0.3, 0.4) is 0 Å². The van der Waals surface area contributed by atoms with Crippen molar-refractivity contribution in [3.63, 3.8) is 0 Å². The van der Waals surface area contributed by atoms with E-state index in [9.17, 15) is 13.2 Å². The molecule has 0 amide bonds. The molecule has 1 aromatic carbocycles. The average molecular weight is 387 g/mol. The molecule has 0 aliphatic carbocycles. The van der Waals surface area contributed by atoms with E-state index < -0.39 is 11.9 Å². The number of benzene rings is 1. The van der Waals surface area contributed by atoms with Gasteiger partial charge in [-0.3, -0.25) is 0 Å². The standard InChI is InChI=1S/C14H9Cl3F3NO2/c1-22-9-5-10(14(18,19)20)21-13(23-2)11(9)6-3-7(15)12(17)8(16)4-6/h3-5H,1-2H3. The third-order valence-corrected chi connectivity index (χ3v) is 4.12. The summed E-state index contributed by atoms with van der Waals surface area (Å²) in [5, 5.41) is 0.409. The minimum Gasteiger partial charge on any atom is -0.496 e. The van der Waals surface area contributed by atoms with Gasteiger partial charge in [-0.2, -0.15) is 13.2 Å². The molecule has 124 valence electrons. The van der Waals surface area contributed by atoms with E-state index in [-0.39, 0.29) is 32.3 Å². The van der Waals surface area contributed by atoms with Crippen LogP contribution in [0.15, 0.2) is 18.2 Å². The van der Waals surface area contributed by atoms with Crippen LogP contribution in [-0.4, -0.2) is 19.2 Å². The number of methoxy groups -OCH3 is 2. The highest BCUT2D eigenvalue weighted by Gasteiger charge is 2.35. The Labute approximate surface area is 144 Å². The molecule has 0 atom stereocenters. The van der Waals surface area contributed by atoms with Crippen molar-refractivity contribution in [2.45, 2.75) is 6.18 Å². The Morgan fingerprint density at radius 1 is 0.957 bits per heavy atom. The first kappa shape index (κ1) is 18.0. The molecule has 0 aliphatic rings. The van der Waals surface area contributed by atoms with Gasteiger partial charge in [-0.1, -0.05) is 34.8 Å². The lowest BCUT2D eigenvalue weighted by molar-refractivity contribution is -0.141. The van der Waals surface area contributed by atoms with E-state index in [0.29, 0.717) is 5.56 Å². The minimum absolute atomic E-state index is 0.0846. The molecule has 0 aliphatic heterocycles. The fourth-order valence-corrected chi connectivity index (χ4v) is 2.51. The van der Waals surface area contributed by atoms with Gasteiger partial charge in [-0.15, -0.1) is 0 Å². The van der Waals surface area contributed by atoms with Crippen LogP contribution in [-0.2, 0) is 6.18 Å². The Hall–Kier alpha value is -1.37. The van der Waals surface area contributed by atoms with Crippen LogP contribution in [0.4, 0.5) is 13.2 Å². The van der Waals surface area contributed by atoms with Gasteiger partial charge in [0.2, 0.25) is 5.88 Å². The van der Waals surface area contributed by atoms with Crippen LogP contribution < -0.4 is 9.47 Å². The summed E-state index contributed by atoms with van der Waals surface area (Å²) in [6.07, 6.45) is -4.64. The first-order valence-electron chi connectivity index (χ1n) is 6.04. The van der Waals surface area contributed by atoms with E-state index in [1.807, 2.05) is 0 Å². The molecule has 0 fully saturated rings. The SMILES string of the molecule is COc1cc(C(F)(F)F)nc(OC)c1-c1cc(Cl)c(Cl)c(Cl)c1. The fourth-order valence-electron chi connectivity index (χ4n) is 1.92. The number of rotatable bonds is 3. The van der Waals surface area contributed by atoms with Gasteiger partial charge in [0.1, 0.15) is 5.75 Å². The van der Waals surface area contributed by atoms with Crippen LogP contribution in [0.5, 0.6) is 11.6 Å².